The fraction of sp³-hybridized carbons (Fsp3) is 0.625. The van der Waals surface area contributed by atoms with Crippen molar-refractivity contribution in [3.05, 3.63) is 29.6 Å². The van der Waals surface area contributed by atoms with Gasteiger partial charge in [-0.3, -0.25) is 9.88 Å². The number of hydrogen-bond acceptors (Lipinski definition) is 4. The molecule has 0 unspecified atom stereocenters. The molecule has 1 aliphatic rings. The molecule has 5 heteroatoms. The molecular formula is C16H25N3O2. The third kappa shape index (κ3) is 5.01. The van der Waals surface area contributed by atoms with Crippen molar-refractivity contribution in [1.29, 1.82) is 0 Å². The lowest BCUT2D eigenvalue weighted by atomic mass is 10.2. The van der Waals surface area contributed by atoms with Gasteiger partial charge >= 0.3 is 6.09 Å². The average Bonchev–Trinajstić information content (AvgIpc) is 2.37. The molecule has 0 bridgehead atoms. The van der Waals surface area contributed by atoms with Gasteiger partial charge in [-0.05, 0) is 45.4 Å². The minimum absolute atomic E-state index is 0.207. The number of aryl methyl sites for hydroxylation is 1. The fourth-order valence-corrected chi connectivity index (χ4v) is 2.38. The molecule has 0 radical (unpaired) electrons. The number of carbonyl (C=O) groups is 1. The Morgan fingerprint density at radius 2 is 1.95 bits per heavy atom. The summed E-state index contributed by atoms with van der Waals surface area (Å²) in [5.74, 6) is 0. The molecule has 0 N–H and O–H groups in total. The maximum Gasteiger partial charge on any atom is 0.410 e. The molecule has 1 aliphatic heterocycles. The van der Waals surface area contributed by atoms with Crippen LogP contribution in [0.2, 0.25) is 0 Å². The molecule has 1 amide bonds. The number of aromatic nitrogens is 1. The van der Waals surface area contributed by atoms with E-state index in [1.54, 1.807) is 4.90 Å². The van der Waals surface area contributed by atoms with Crippen molar-refractivity contribution in [2.75, 3.05) is 26.2 Å². The van der Waals surface area contributed by atoms with Crippen LogP contribution in [0.3, 0.4) is 0 Å². The lowest BCUT2D eigenvalue weighted by Gasteiger charge is -2.35. The Bertz CT molecular complexity index is 489. The molecule has 0 aromatic carbocycles. The molecule has 1 aromatic heterocycles. The molecule has 2 heterocycles. The van der Waals surface area contributed by atoms with Crippen molar-refractivity contribution in [3.8, 4) is 0 Å². The van der Waals surface area contributed by atoms with Crippen LogP contribution in [-0.2, 0) is 11.3 Å². The van der Waals surface area contributed by atoms with E-state index in [4.69, 9.17) is 4.74 Å². The monoisotopic (exact) mass is 291 g/mol. The van der Waals surface area contributed by atoms with E-state index in [0.717, 1.165) is 38.4 Å². The summed E-state index contributed by atoms with van der Waals surface area (Å²) in [6.45, 7) is 11.8. The van der Waals surface area contributed by atoms with Crippen molar-refractivity contribution in [2.45, 2.75) is 39.8 Å². The van der Waals surface area contributed by atoms with E-state index >= 15 is 0 Å². The van der Waals surface area contributed by atoms with Crippen LogP contribution in [0.1, 0.15) is 32.0 Å². The van der Waals surface area contributed by atoms with Gasteiger partial charge in [0.1, 0.15) is 5.60 Å². The summed E-state index contributed by atoms with van der Waals surface area (Å²) in [6.07, 6.45) is 1.64. The normalized spacial score (nSPS) is 16.9. The van der Waals surface area contributed by atoms with Crippen LogP contribution in [0.25, 0.3) is 0 Å². The average molecular weight is 291 g/mol. The first kappa shape index (κ1) is 15.8. The molecule has 1 aromatic rings. The highest BCUT2D eigenvalue weighted by molar-refractivity contribution is 5.68. The van der Waals surface area contributed by atoms with Gasteiger partial charge in [0.25, 0.3) is 0 Å². The topological polar surface area (TPSA) is 45.7 Å². The third-order valence-electron chi connectivity index (χ3n) is 3.39. The molecule has 0 atom stereocenters. The number of ether oxygens (including phenoxy) is 1. The van der Waals surface area contributed by atoms with Gasteiger partial charge in [0.05, 0.1) is 0 Å². The van der Waals surface area contributed by atoms with E-state index in [1.807, 2.05) is 40.0 Å². The van der Waals surface area contributed by atoms with E-state index in [0.29, 0.717) is 0 Å². The molecule has 1 saturated heterocycles. The van der Waals surface area contributed by atoms with Crippen molar-refractivity contribution in [1.82, 2.24) is 14.8 Å². The molecule has 0 spiro atoms. The van der Waals surface area contributed by atoms with Crippen molar-refractivity contribution < 1.29 is 9.53 Å². The Morgan fingerprint density at radius 1 is 1.29 bits per heavy atom. The largest absolute Gasteiger partial charge is 0.444 e. The van der Waals surface area contributed by atoms with E-state index in [1.165, 1.54) is 5.56 Å². The van der Waals surface area contributed by atoms with Crippen LogP contribution in [0, 0.1) is 6.92 Å². The number of hydrogen-bond donors (Lipinski definition) is 0. The predicted octanol–water partition coefficient (Wildman–Crippen LogP) is 2.44. The summed E-state index contributed by atoms with van der Waals surface area (Å²) < 4.78 is 5.41. The van der Waals surface area contributed by atoms with Crippen LogP contribution in [-0.4, -0.2) is 52.7 Å². The highest BCUT2D eigenvalue weighted by atomic mass is 16.6. The van der Waals surface area contributed by atoms with Crippen LogP contribution in [0.5, 0.6) is 0 Å². The second-order valence-electron chi connectivity index (χ2n) is 6.55. The second kappa shape index (κ2) is 6.43. The summed E-state index contributed by atoms with van der Waals surface area (Å²) in [4.78, 5) is 20.4. The van der Waals surface area contributed by atoms with Crippen LogP contribution in [0.15, 0.2) is 18.3 Å². The Labute approximate surface area is 126 Å². The second-order valence-corrected chi connectivity index (χ2v) is 6.55. The standard InChI is InChI=1S/C16H25N3O2/c1-13-11-14(5-6-17-13)12-18-7-9-19(10-8-18)15(20)21-16(2,3)4/h5-6,11H,7-10,12H2,1-4H3. The third-order valence-corrected chi connectivity index (χ3v) is 3.39. The van der Waals surface area contributed by atoms with Crippen LogP contribution < -0.4 is 0 Å². The molecule has 2 rings (SSSR count). The number of rotatable bonds is 2. The Kier molecular flexibility index (Phi) is 4.83. The van der Waals surface area contributed by atoms with Crippen molar-refractivity contribution >= 4 is 6.09 Å². The number of nitrogens with zero attached hydrogens (tertiary/aromatic N) is 3. The summed E-state index contributed by atoms with van der Waals surface area (Å²) in [5, 5.41) is 0. The zero-order valence-electron chi connectivity index (χ0n) is 13.4. The van der Waals surface area contributed by atoms with Gasteiger partial charge in [-0.2, -0.15) is 0 Å². The highest BCUT2D eigenvalue weighted by Crippen LogP contribution is 2.13. The maximum atomic E-state index is 12.0. The van der Waals surface area contributed by atoms with Gasteiger partial charge in [-0.15, -0.1) is 0 Å². The highest BCUT2D eigenvalue weighted by Gasteiger charge is 2.25. The van der Waals surface area contributed by atoms with E-state index in [-0.39, 0.29) is 6.09 Å². The SMILES string of the molecule is Cc1cc(CN2CCN(C(=O)OC(C)(C)C)CC2)ccn1. The molecule has 5 nitrogen and oxygen atoms in total. The molecule has 116 valence electrons. The predicted molar refractivity (Wildman–Crippen MR) is 82.1 cm³/mol. The first-order valence-corrected chi connectivity index (χ1v) is 7.45. The molecule has 21 heavy (non-hydrogen) atoms. The summed E-state index contributed by atoms with van der Waals surface area (Å²) in [7, 11) is 0. The van der Waals surface area contributed by atoms with Crippen LogP contribution >= 0.6 is 0 Å². The number of carbonyl (C=O) groups excluding carboxylic acids is 1. The quantitative estimate of drug-likeness (QED) is 0.839. The summed E-state index contributed by atoms with van der Waals surface area (Å²) in [6, 6.07) is 4.16. The number of piperazine rings is 1. The minimum atomic E-state index is -0.428. The van der Waals surface area contributed by atoms with Gasteiger partial charge in [0.15, 0.2) is 0 Å². The summed E-state index contributed by atoms with van der Waals surface area (Å²) >= 11 is 0. The first-order valence-electron chi connectivity index (χ1n) is 7.45. The number of amides is 1. The lowest BCUT2D eigenvalue weighted by Crippen LogP contribution is -2.49. The molecule has 0 saturated carbocycles. The Balaban J connectivity index is 1.82. The zero-order chi connectivity index (χ0) is 15.5. The molecular weight excluding hydrogens is 266 g/mol. The first-order chi connectivity index (χ1) is 9.83. The molecule has 1 fully saturated rings. The maximum absolute atomic E-state index is 12.0. The van der Waals surface area contributed by atoms with E-state index < -0.39 is 5.60 Å². The van der Waals surface area contributed by atoms with E-state index in [9.17, 15) is 4.79 Å². The van der Waals surface area contributed by atoms with Gasteiger partial charge < -0.3 is 9.64 Å². The van der Waals surface area contributed by atoms with Gasteiger partial charge in [0, 0.05) is 44.6 Å². The van der Waals surface area contributed by atoms with Crippen molar-refractivity contribution in [2.24, 2.45) is 0 Å². The number of pyridine rings is 1. The zero-order valence-corrected chi connectivity index (χ0v) is 13.4. The summed E-state index contributed by atoms with van der Waals surface area (Å²) in [5.41, 5.74) is 1.89. The minimum Gasteiger partial charge on any atom is -0.444 e. The van der Waals surface area contributed by atoms with Crippen molar-refractivity contribution in [3.63, 3.8) is 0 Å². The molecule has 0 aliphatic carbocycles. The van der Waals surface area contributed by atoms with E-state index in [2.05, 4.69) is 16.0 Å². The Hall–Kier alpha value is -1.62. The lowest BCUT2D eigenvalue weighted by molar-refractivity contribution is 0.0139. The van der Waals surface area contributed by atoms with Gasteiger partial charge in [-0.25, -0.2) is 4.79 Å². The van der Waals surface area contributed by atoms with Gasteiger partial charge in [-0.1, -0.05) is 0 Å². The van der Waals surface area contributed by atoms with Gasteiger partial charge in [0.2, 0.25) is 0 Å². The van der Waals surface area contributed by atoms with Crippen LogP contribution in [0.4, 0.5) is 4.79 Å². The Morgan fingerprint density at radius 3 is 2.52 bits per heavy atom. The smallest absolute Gasteiger partial charge is 0.410 e. The fourth-order valence-electron chi connectivity index (χ4n) is 2.38.